The number of hydrogen-bond donors (Lipinski definition) is 1. The fourth-order valence-corrected chi connectivity index (χ4v) is 3.58. The maximum atomic E-state index is 5.94. The molecule has 0 radical (unpaired) electrons. The molecule has 0 unspecified atom stereocenters. The van der Waals surface area contributed by atoms with E-state index in [0.29, 0.717) is 10.9 Å². The van der Waals surface area contributed by atoms with Crippen LogP contribution in [0.15, 0.2) is 6.07 Å². The van der Waals surface area contributed by atoms with Crippen molar-refractivity contribution in [2.45, 2.75) is 32.1 Å². The van der Waals surface area contributed by atoms with Crippen molar-refractivity contribution in [1.82, 2.24) is 4.98 Å². The number of pyridine rings is 1. The summed E-state index contributed by atoms with van der Waals surface area (Å²) < 4.78 is 5.27. The Kier molecular flexibility index (Phi) is 4.40. The summed E-state index contributed by atoms with van der Waals surface area (Å²) in [7, 11) is 1.78. The highest BCUT2D eigenvalue weighted by molar-refractivity contribution is 7.80. The fourth-order valence-electron chi connectivity index (χ4n) is 3.43. The summed E-state index contributed by atoms with van der Waals surface area (Å²) >= 11 is 5.25. The second-order valence-electron chi connectivity index (χ2n) is 6.07. The first-order chi connectivity index (χ1) is 10.2. The average Bonchev–Trinajstić information content (AvgIpc) is 2.94. The van der Waals surface area contributed by atoms with E-state index in [0.717, 1.165) is 56.8 Å². The molecule has 5 heteroatoms. The van der Waals surface area contributed by atoms with Crippen molar-refractivity contribution >= 4 is 23.0 Å². The first kappa shape index (κ1) is 14.7. The van der Waals surface area contributed by atoms with Gasteiger partial charge >= 0.3 is 0 Å². The highest BCUT2D eigenvalue weighted by Gasteiger charge is 2.25. The Labute approximate surface area is 131 Å². The van der Waals surface area contributed by atoms with Gasteiger partial charge in [-0.2, -0.15) is 0 Å². The first-order valence-corrected chi connectivity index (χ1v) is 8.16. The summed E-state index contributed by atoms with van der Waals surface area (Å²) in [4.78, 5) is 7.71. The van der Waals surface area contributed by atoms with Crippen LogP contribution in [-0.4, -0.2) is 36.8 Å². The van der Waals surface area contributed by atoms with Crippen molar-refractivity contribution in [2.24, 2.45) is 11.7 Å². The van der Waals surface area contributed by atoms with Gasteiger partial charge < -0.3 is 15.4 Å². The third kappa shape index (κ3) is 3.04. The van der Waals surface area contributed by atoms with Crippen molar-refractivity contribution in [3.05, 3.63) is 22.9 Å². The number of fused-ring (bicyclic) bond motifs is 1. The van der Waals surface area contributed by atoms with Gasteiger partial charge in [0.05, 0.1) is 5.56 Å². The normalized spacial score (nSPS) is 18.8. The van der Waals surface area contributed by atoms with E-state index in [4.69, 9.17) is 27.7 Å². The van der Waals surface area contributed by atoms with Gasteiger partial charge in [-0.05, 0) is 49.7 Å². The molecule has 0 bridgehead atoms. The second kappa shape index (κ2) is 6.28. The van der Waals surface area contributed by atoms with Crippen molar-refractivity contribution in [3.8, 4) is 0 Å². The third-order valence-electron chi connectivity index (χ3n) is 4.61. The predicted molar refractivity (Wildman–Crippen MR) is 89.0 cm³/mol. The van der Waals surface area contributed by atoms with Gasteiger partial charge in [-0.25, -0.2) is 4.98 Å². The van der Waals surface area contributed by atoms with E-state index in [1.165, 1.54) is 17.7 Å². The molecule has 4 nitrogen and oxygen atoms in total. The molecule has 1 aliphatic heterocycles. The van der Waals surface area contributed by atoms with Gasteiger partial charge in [-0.1, -0.05) is 12.2 Å². The van der Waals surface area contributed by atoms with Crippen LogP contribution in [0.5, 0.6) is 0 Å². The lowest BCUT2D eigenvalue weighted by Gasteiger charge is -2.33. The van der Waals surface area contributed by atoms with E-state index in [1.807, 2.05) is 0 Å². The van der Waals surface area contributed by atoms with Crippen molar-refractivity contribution < 1.29 is 4.74 Å². The molecule has 2 heterocycles. The summed E-state index contributed by atoms with van der Waals surface area (Å²) in [6.07, 6.45) is 5.67. The topological polar surface area (TPSA) is 51.4 Å². The van der Waals surface area contributed by atoms with Gasteiger partial charge in [-0.15, -0.1) is 0 Å². The lowest BCUT2D eigenvalue weighted by Crippen LogP contribution is -2.37. The predicted octanol–water partition coefficient (Wildman–Crippen LogP) is 2.07. The molecule has 0 amide bonds. The number of methoxy groups -OCH3 is 1. The van der Waals surface area contributed by atoms with Crippen LogP contribution in [0.1, 0.15) is 36.1 Å². The highest BCUT2D eigenvalue weighted by Crippen LogP contribution is 2.30. The Morgan fingerprint density at radius 2 is 2.19 bits per heavy atom. The van der Waals surface area contributed by atoms with E-state index in [9.17, 15) is 0 Å². The van der Waals surface area contributed by atoms with Crippen molar-refractivity contribution in [2.75, 3.05) is 31.7 Å². The number of hydrogen-bond acceptors (Lipinski definition) is 4. The van der Waals surface area contributed by atoms with Crippen LogP contribution >= 0.6 is 12.2 Å². The molecular formula is C16H23N3OS. The molecule has 2 N–H and O–H groups in total. The van der Waals surface area contributed by atoms with Crippen molar-refractivity contribution in [3.63, 3.8) is 0 Å². The minimum atomic E-state index is 0.464. The molecule has 1 aromatic heterocycles. The molecule has 21 heavy (non-hydrogen) atoms. The third-order valence-corrected chi connectivity index (χ3v) is 4.83. The van der Waals surface area contributed by atoms with Gasteiger partial charge in [0.2, 0.25) is 0 Å². The number of nitrogens with zero attached hydrogens (tertiary/aromatic N) is 2. The largest absolute Gasteiger partial charge is 0.389 e. The molecule has 0 saturated carbocycles. The SMILES string of the molecule is COCC1CCN(c2nc3c(cc2C(N)=S)CCC3)CC1. The summed E-state index contributed by atoms with van der Waals surface area (Å²) in [5, 5.41) is 0. The average molecular weight is 305 g/mol. The molecule has 0 spiro atoms. The van der Waals surface area contributed by atoms with Gasteiger partial charge in [0.15, 0.2) is 0 Å². The van der Waals surface area contributed by atoms with Gasteiger partial charge in [0, 0.05) is 32.5 Å². The first-order valence-electron chi connectivity index (χ1n) is 7.75. The lowest BCUT2D eigenvalue weighted by molar-refractivity contribution is 0.139. The van der Waals surface area contributed by atoms with E-state index in [-0.39, 0.29) is 0 Å². The fraction of sp³-hybridized carbons (Fsp3) is 0.625. The minimum Gasteiger partial charge on any atom is -0.389 e. The number of nitrogens with two attached hydrogens (primary N) is 1. The zero-order valence-corrected chi connectivity index (χ0v) is 13.4. The molecule has 1 aromatic rings. The molecule has 1 fully saturated rings. The summed E-state index contributed by atoms with van der Waals surface area (Å²) in [6, 6.07) is 2.17. The number of piperidine rings is 1. The molecule has 0 aromatic carbocycles. The monoisotopic (exact) mass is 305 g/mol. The summed E-state index contributed by atoms with van der Waals surface area (Å²) in [5.41, 5.74) is 9.46. The Hall–Kier alpha value is -1.20. The maximum absolute atomic E-state index is 5.94. The van der Waals surface area contributed by atoms with Crippen molar-refractivity contribution in [1.29, 1.82) is 0 Å². The van der Waals surface area contributed by atoms with E-state index >= 15 is 0 Å². The molecule has 3 rings (SSSR count). The standard InChI is InChI=1S/C16H23N3OS/c1-20-10-11-5-7-19(8-6-11)16-13(15(17)21)9-12-3-2-4-14(12)18-16/h9,11H,2-8,10H2,1H3,(H2,17,21). The van der Waals surface area contributed by atoms with E-state index < -0.39 is 0 Å². The minimum absolute atomic E-state index is 0.464. The van der Waals surface area contributed by atoms with Gasteiger partial charge in [0.25, 0.3) is 0 Å². The van der Waals surface area contributed by atoms with Crippen LogP contribution in [0.2, 0.25) is 0 Å². The number of rotatable bonds is 4. The summed E-state index contributed by atoms with van der Waals surface area (Å²) in [6.45, 7) is 2.87. The summed E-state index contributed by atoms with van der Waals surface area (Å²) in [5.74, 6) is 1.66. The quantitative estimate of drug-likeness (QED) is 0.863. The van der Waals surface area contributed by atoms with E-state index in [1.54, 1.807) is 7.11 Å². The molecular weight excluding hydrogens is 282 g/mol. The number of aryl methyl sites for hydroxylation is 2. The van der Waals surface area contributed by atoms with Crippen LogP contribution < -0.4 is 10.6 Å². The van der Waals surface area contributed by atoms with Crippen LogP contribution in [0.4, 0.5) is 5.82 Å². The molecule has 0 atom stereocenters. The second-order valence-corrected chi connectivity index (χ2v) is 6.51. The zero-order valence-electron chi connectivity index (χ0n) is 12.6. The number of ether oxygens (including phenoxy) is 1. The maximum Gasteiger partial charge on any atom is 0.139 e. The van der Waals surface area contributed by atoms with Crippen LogP contribution in [0, 0.1) is 5.92 Å². The van der Waals surface area contributed by atoms with E-state index in [2.05, 4.69) is 11.0 Å². The molecule has 1 saturated heterocycles. The molecule has 114 valence electrons. The Morgan fingerprint density at radius 3 is 2.86 bits per heavy atom. The Bertz CT molecular complexity index is 539. The van der Waals surface area contributed by atoms with Gasteiger partial charge in [-0.3, -0.25) is 0 Å². The highest BCUT2D eigenvalue weighted by atomic mass is 32.1. The molecule has 2 aliphatic rings. The lowest BCUT2D eigenvalue weighted by atomic mass is 9.97. The van der Waals surface area contributed by atoms with Crippen LogP contribution in [0.25, 0.3) is 0 Å². The smallest absolute Gasteiger partial charge is 0.139 e. The van der Waals surface area contributed by atoms with Crippen LogP contribution in [-0.2, 0) is 17.6 Å². The van der Waals surface area contributed by atoms with Crippen LogP contribution in [0.3, 0.4) is 0 Å². The Morgan fingerprint density at radius 1 is 1.43 bits per heavy atom. The Balaban J connectivity index is 1.83. The molecule has 1 aliphatic carbocycles. The number of aromatic nitrogens is 1. The van der Waals surface area contributed by atoms with Gasteiger partial charge in [0.1, 0.15) is 10.8 Å². The number of thiocarbonyl (C=S) groups is 1. The zero-order chi connectivity index (χ0) is 14.8. The number of anilines is 1.